The molecule has 230 valence electrons. The van der Waals surface area contributed by atoms with E-state index in [-0.39, 0.29) is 43.0 Å². The lowest BCUT2D eigenvalue weighted by molar-refractivity contribution is -0.0454. The highest BCUT2D eigenvalue weighted by atomic mass is 32.5. The Labute approximate surface area is 247 Å². The van der Waals surface area contributed by atoms with Crippen molar-refractivity contribution in [2.75, 3.05) is 18.9 Å². The predicted octanol–water partition coefficient (Wildman–Crippen LogP) is -0.723. The predicted molar refractivity (Wildman–Crippen MR) is 149 cm³/mol. The Morgan fingerprint density at radius 3 is 2.70 bits per heavy atom. The van der Waals surface area contributed by atoms with E-state index in [9.17, 15) is 18.1 Å². The molecular formula is C21H25N10O9PS2. The molecular weight excluding hydrogens is 631 g/mol. The van der Waals surface area contributed by atoms with Gasteiger partial charge in [0.05, 0.1) is 31.5 Å². The number of nitrogens with two attached hydrogens (primary N) is 1. The zero-order valence-corrected chi connectivity index (χ0v) is 24.7. The average molecular weight is 657 g/mol. The number of ether oxygens (including phenoxy) is 2. The molecule has 22 heteroatoms. The highest BCUT2D eigenvalue weighted by Gasteiger charge is 2.45. The summed E-state index contributed by atoms with van der Waals surface area (Å²) in [6.45, 7) is -2.80. The Morgan fingerprint density at radius 1 is 1.07 bits per heavy atom. The molecule has 0 spiro atoms. The van der Waals surface area contributed by atoms with Crippen molar-refractivity contribution in [1.29, 1.82) is 0 Å². The zero-order valence-electron chi connectivity index (χ0n) is 22.2. The molecule has 0 amide bonds. The van der Waals surface area contributed by atoms with Crippen LogP contribution in [-0.4, -0.2) is 89.9 Å². The highest BCUT2D eigenvalue weighted by Crippen LogP contribution is 2.50. The summed E-state index contributed by atoms with van der Waals surface area (Å²) in [6.07, 6.45) is -1.18. The van der Waals surface area contributed by atoms with Crippen LogP contribution in [-0.2, 0) is 44.8 Å². The first-order valence-corrected chi connectivity index (χ1v) is 17.0. The first-order valence-electron chi connectivity index (χ1n) is 13.0. The summed E-state index contributed by atoms with van der Waals surface area (Å²) in [5.74, 6) is 0.509. The third-order valence-electron chi connectivity index (χ3n) is 7.25. The van der Waals surface area contributed by atoms with E-state index in [4.69, 9.17) is 40.2 Å². The van der Waals surface area contributed by atoms with Crippen LogP contribution in [0.2, 0.25) is 0 Å². The van der Waals surface area contributed by atoms with Gasteiger partial charge in [-0.3, -0.25) is 13.9 Å². The van der Waals surface area contributed by atoms with Crippen LogP contribution in [0.4, 0.5) is 5.82 Å². The van der Waals surface area contributed by atoms with Crippen LogP contribution in [0.15, 0.2) is 23.8 Å². The number of H-pyrrole nitrogens is 1. The SMILES string of the molecule is Cc1nc2c(ncn2[C@@H]2O[C@@H]3COP(O)(=S)O[C@H]4C[C@H](n5cnc6c(N)ncnc65)O[C@@H]4CNS(=O)(=O)O[C@@H]2C3)c(=O)[nH]1. The van der Waals surface area contributed by atoms with Gasteiger partial charge >= 0.3 is 17.0 Å². The van der Waals surface area contributed by atoms with Crippen LogP contribution in [0.1, 0.15) is 31.1 Å². The summed E-state index contributed by atoms with van der Waals surface area (Å²) >= 11 is 5.30. The monoisotopic (exact) mass is 656 g/mol. The molecule has 7 rings (SSSR count). The topological polar surface area (TPSA) is 246 Å². The van der Waals surface area contributed by atoms with Crippen LogP contribution in [0.25, 0.3) is 22.3 Å². The van der Waals surface area contributed by atoms with Crippen LogP contribution >= 0.6 is 6.72 Å². The van der Waals surface area contributed by atoms with Gasteiger partial charge in [-0.2, -0.15) is 13.1 Å². The molecule has 3 saturated heterocycles. The molecule has 3 fully saturated rings. The Balaban J connectivity index is 1.17. The van der Waals surface area contributed by atoms with E-state index in [1.807, 2.05) is 0 Å². The van der Waals surface area contributed by atoms with E-state index in [1.165, 1.54) is 23.5 Å². The molecule has 0 radical (unpaired) electrons. The number of aromatic amines is 1. The van der Waals surface area contributed by atoms with Crippen molar-refractivity contribution >= 4 is 57.0 Å². The van der Waals surface area contributed by atoms with E-state index in [0.717, 1.165) is 0 Å². The van der Waals surface area contributed by atoms with Gasteiger partial charge in [-0.05, 0) is 18.7 Å². The molecule has 3 aliphatic heterocycles. The number of nitrogen functional groups attached to an aromatic ring is 1. The number of anilines is 1. The summed E-state index contributed by atoms with van der Waals surface area (Å²) in [7, 11) is -4.39. The normalized spacial score (nSPS) is 33.2. The Morgan fingerprint density at radius 2 is 1.86 bits per heavy atom. The lowest BCUT2D eigenvalue weighted by Crippen LogP contribution is -2.40. The van der Waals surface area contributed by atoms with Gasteiger partial charge in [-0.15, -0.1) is 0 Å². The van der Waals surface area contributed by atoms with Crippen molar-refractivity contribution in [2.45, 2.75) is 56.6 Å². The lowest BCUT2D eigenvalue weighted by Gasteiger charge is -2.25. The van der Waals surface area contributed by atoms with Crippen molar-refractivity contribution in [3.8, 4) is 0 Å². The molecule has 0 aromatic carbocycles. The van der Waals surface area contributed by atoms with E-state index >= 15 is 0 Å². The summed E-state index contributed by atoms with van der Waals surface area (Å²) in [5, 5.41) is 0. The lowest BCUT2D eigenvalue weighted by atomic mass is 10.2. The van der Waals surface area contributed by atoms with Crippen molar-refractivity contribution < 1.29 is 36.0 Å². The van der Waals surface area contributed by atoms with Gasteiger partial charge in [-0.25, -0.2) is 29.1 Å². The smallest absolute Gasteiger partial charge is 0.336 e. The number of hydrogen-bond donors (Lipinski definition) is 4. The fourth-order valence-electron chi connectivity index (χ4n) is 5.38. The number of aromatic nitrogens is 8. The molecule has 19 nitrogen and oxygen atoms in total. The number of imidazole rings is 2. The van der Waals surface area contributed by atoms with Crippen molar-refractivity contribution in [3.63, 3.8) is 0 Å². The highest BCUT2D eigenvalue weighted by molar-refractivity contribution is 8.07. The van der Waals surface area contributed by atoms with Gasteiger partial charge in [-0.1, -0.05) is 0 Å². The number of hydrogen-bond acceptors (Lipinski definition) is 15. The maximum Gasteiger partial charge on any atom is 0.336 e. The molecule has 2 bridgehead atoms. The maximum absolute atomic E-state index is 13.2. The van der Waals surface area contributed by atoms with Gasteiger partial charge < -0.3 is 34.1 Å². The van der Waals surface area contributed by atoms with E-state index in [2.05, 4.69) is 34.6 Å². The van der Waals surface area contributed by atoms with Gasteiger partial charge in [0.2, 0.25) is 0 Å². The second-order valence-corrected chi connectivity index (χ2v) is 14.3. The number of rotatable bonds is 2. The fourth-order valence-corrected chi connectivity index (χ4v) is 7.81. The number of nitrogens with zero attached hydrogens (tertiary/aromatic N) is 7. The third-order valence-corrected chi connectivity index (χ3v) is 9.86. The van der Waals surface area contributed by atoms with Crippen LogP contribution in [0, 0.1) is 6.92 Å². The van der Waals surface area contributed by atoms with E-state index in [0.29, 0.717) is 17.0 Å². The second-order valence-electron chi connectivity index (χ2n) is 10.2. The fraction of sp³-hybridized carbons (Fsp3) is 0.524. The summed E-state index contributed by atoms with van der Waals surface area (Å²) in [4.78, 5) is 46.7. The number of fused-ring (bicyclic) bond motifs is 5. The number of nitrogens with one attached hydrogen (secondary N) is 2. The largest absolute Gasteiger partial charge is 0.382 e. The summed E-state index contributed by atoms with van der Waals surface area (Å²) in [6, 6.07) is 0. The summed E-state index contributed by atoms with van der Waals surface area (Å²) < 4.78 is 61.0. The molecule has 7 atom stereocenters. The third kappa shape index (κ3) is 5.45. The minimum Gasteiger partial charge on any atom is -0.382 e. The average Bonchev–Trinajstić information content (AvgIpc) is 3.71. The van der Waals surface area contributed by atoms with Gasteiger partial charge in [0, 0.05) is 19.4 Å². The standard InChI is InChI=1S/C21H25N10O9PS2/c1-9-28-19-16(20(32)29-9)26-8-31(19)21-12-2-10(37-21)5-36-41(33,42)39-11-3-14(38-13(11)4-27-43(34,35)40-12)30-7-25-15-17(22)23-6-24-18(15)30/h6-8,10-14,21,27H,2-5H2,1H3,(H,33,42)(H2,22,23,24)(H,28,29,32)/t10-,11-,12+,13+,14+,21+,41?/m0/s1. The quantitative estimate of drug-likeness (QED) is 0.194. The maximum atomic E-state index is 13.2. The van der Waals surface area contributed by atoms with Crippen LogP contribution in [0.5, 0.6) is 0 Å². The van der Waals surface area contributed by atoms with Gasteiger partial charge in [0.15, 0.2) is 28.9 Å². The van der Waals surface area contributed by atoms with E-state index in [1.54, 1.807) is 11.5 Å². The van der Waals surface area contributed by atoms with Gasteiger partial charge in [0.25, 0.3) is 5.56 Å². The number of aryl methyl sites for hydroxylation is 1. The molecule has 43 heavy (non-hydrogen) atoms. The van der Waals surface area contributed by atoms with Crippen molar-refractivity contribution in [2.24, 2.45) is 0 Å². The summed E-state index contributed by atoms with van der Waals surface area (Å²) in [5.41, 5.74) is 6.42. The minimum absolute atomic E-state index is 0.0346. The second kappa shape index (κ2) is 10.6. The Bertz CT molecular complexity index is 1930. The van der Waals surface area contributed by atoms with Crippen molar-refractivity contribution in [1.82, 2.24) is 43.8 Å². The Hall–Kier alpha value is -2.98. The molecule has 0 aliphatic carbocycles. The molecule has 1 unspecified atom stereocenters. The van der Waals surface area contributed by atoms with Crippen LogP contribution < -0.4 is 16.0 Å². The molecule has 5 N–H and O–H groups in total. The minimum atomic E-state index is -4.39. The molecule has 7 heterocycles. The molecule has 4 aromatic heterocycles. The van der Waals surface area contributed by atoms with E-state index < -0.39 is 59.5 Å². The first-order chi connectivity index (χ1) is 20.5. The molecule has 3 aliphatic rings. The molecule has 4 aromatic rings. The zero-order chi connectivity index (χ0) is 30.1. The molecule has 0 saturated carbocycles. The van der Waals surface area contributed by atoms with Gasteiger partial charge in [0.1, 0.15) is 36.1 Å². The first kappa shape index (κ1) is 28.8. The Kier molecular flexibility index (Phi) is 7.08. The van der Waals surface area contributed by atoms with Crippen LogP contribution in [0.3, 0.4) is 0 Å². The van der Waals surface area contributed by atoms with Crippen molar-refractivity contribution in [3.05, 3.63) is 35.2 Å².